The summed E-state index contributed by atoms with van der Waals surface area (Å²) in [6, 6.07) is 8.34. The lowest BCUT2D eigenvalue weighted by molar-refractivity contribution is -0.136. The molecule has 1 N–H and O–H groups in total. The van der Waals surface area contributed by atoms with Gasteiger partial charge in [0.05, 0.1) is 17.7 Å². The highest BCUT2D eigenvalue weighted by Crippen LogP contribution is 2.33. The number of anilines is 1. The van der Waals surface area contributed by atoms with Gasteiger partial charge in [0, 0.05) is 12.6 Å². The first-order valence-corrected chi connectivity index (χ1v) is 6.11. The maximum absolute atomic E-state index is 10.7. The van der Waals surface area contributed by atoms with Crippen molar-refractivity contribution < 1.29 is 9.90 Å². The molecule has 0 unspecified atom stereocenters. The lowest BCUT2D eigenvalue weighted by Crippen LogP contribution is -2.29. The van der Waals surface area contributed by atoms with Crippen molar-refractivity contribution in [3.8, 4) is 6.07 Å². The van der Waals surface area contributed by atoms with E-state index in [9.17, 15) is 10.1 Å². The molecule has 0 amide bonds. The fourth-order valence-electron chi connectivity index (χ4n) is 2.09. The average molecular weight is 244 g/mol. The third-order valence-corrected chi connectivity index (χ3v) is 3.14. The van der Waals surface area contributed by atoms with Gasteiger partial charge in [-0.2, -0.15) is 5.26 Å². The molecule has 94 valence electrons. The van der Waals surface area contributed by atoms with E-state index in [-0.39, 0.29) is 6.42 Å². The van der Waals surface area contributed by atoms with Gasteiger partial charge in [0.2, 0.25) is 0 Å². The molecule has 1 saturated carbocycles. The second kappa shape index (κ2) is 5.09. The molecule has 4 nitrogen and oxygen atoms in total. The number of nitrogens with zero attached hydrogens (tertiary/aromatic N) is 2. The SMILES string of the molecule is Cc1ccc(N(CCC(=O)O)C2CC2)c(C#N)c1. The zero-order valence-corrected chi connectivity index (χ0v) is 10.4. The molecule has 1 aliphatic carbocycles. The van der Waals surface area contributed by atoms with Gasteiger partial charge in [-0.25, -0.2) is 0 Å². The zero-order chi connectivity index (χ0) is 13.1. The normalized spacial score (nSPS) is 14.0. The van der Waals surface area contributed by atoms with Crippen molar-refractivity contribution in [2.75, 3.05) is 11.4 Å². The molecular formula is C14H16N2O2. The third-order valence-electron chi connectivity index (χ3n) is 3.14. The monoisotopic (exact) mass is 244 g/mol. The van der Waals surface area contributed by atoms with Gasteiger partial charge in [-0.1, -0.05) is 6.07 Å². The molecule has 1 aliphatic rings. The summed E-state index contributed by atoms with van der Waals surface area (Å²) in [6.45, 7) is 2.42. The van der Waals surface area contributed by atoms with Crippen molar-refractivity contribution in [3.63, 3.8) is 0 Å². The van der Waals surface area contributed by atoms with Crippen molar-refractivity contribution in [1.29, 1.82) is 5.26 Å². The van der Waals surface area contributed by atoms with E-state index in [2.05, 4.69) is 11.0 Å². The van der Waals surface area contributed by atoms with Gasteiger partial charge in [0.15, 0.2) is 0 Å². The smallest absolute Gasteiger partial charge is 0.305 e. The summed E-state index contributed by atoms with van der Waals surface area (Å²) in [5, 5.41) is 18.0. The summed E-state index contributed by atoms with van der Waals surface area (Å²) in [7, 11) is 0. The lowest BCUT2D eigenvalue weighted by Gasteiger charge is -2.25. The van der Waals surface area contributed by atoms with E-state index in [4.69, 9.17) is 5.11 Å². The van der Waals surface area contributed by atoms with E-state index >= 15 is 0 Å². The number of hydrogen-bond acceptors (Lipinski definition) is 3. The Balaban J connectivity index is 2.25. The van der Waals surface area contributed by atoms with Crippen LogP contribution in [0.4, 0.5) is 5.69 Å². The van der Waals surface area contributed by atoms with Crippen LogP contribution in [-0.2, 0) is 4.79 Å². The summed E-state index contributed by atoms with van der Waals surface area (Å²) in [5.74, 6) is -0.800. The van der Waals surface area contributed by atoms with Gasteiger partial charge in [-0.05, 0) is 37.5 Å². The number of carboxylic acids is 1. The summed E-state index contributed by atoms with van der Waals surface area (Å²) in [6.07, 6.45) is 2.27. The number of carbonyl (C=O) groups is 1. The van der Waals surface area contributed by atoms with E-state index < -0.39 is 5.97 Å². The average Bonchev–Trinajstić information content (AvgIpc) is 3.15. The van der Waals surface area contributed by atoms with Crippen LogP contribution in [-0.4, -0.2) is 23.7 Å². The summed E-state index contributed by atoms with van der Waals surface area (Å²) >= 11 is 0. The van der Waals surface area contributed by atoms with Gasteiger partial charge in [-0.3, -0.25) is 4.79 Å². The lowest BCUT2D eigenvalue weighted by atomic mass is 10.1. The fraction of sp³-hybridized carbons (Fsp3) is 0.429. The zero-order valence-electron chi connectivity index (χ0n) is 10.4. The highest BCUT2D eigenvalue weighted by Gasteiger charge is 2.30. The molecule has 0 aromatic heterocycles. The Hall–Kier alpha value is -2.02. The molecule has 18 heavy (non-hydrogen) atoms. The highest BCUT2D eigenvalue weighted by atomic mass is 16.4. The number of carboxylic acid groups (broad SMARTS) is 1. The minimum absolute atomic E-state index is 0.106. The summed E-state index contributed by atoms with van der Waals surface area (Å²) in [5.41, 5.74) is 2.54. The summed E-state index contributed by atoms with van der Waals surface area (Å²) < 4.78 is 0. The van der Waals surface area contributed by atoms with Crippen molar-refractivity contribution in [2.45, 2.75) is 32.2 Å². The van der Waals surface area contributed by atoms with E-state index in [1.807, 2.05) is 25.1 Å². The minimum atomic E-state index is -0.800. The first-order chi connectivity index (χ1) is 8.61. The Morgan fingerprint density at radius 2 is 2.28 bits per heavy atom. The highest BCUT2D eigenvalue weighted by molar-refractivity contribution is 5.69. The molecule has 0 spiro atoms. The van der Waals surface area contributed by atoms with E-state index in [0.29, 0.717) is 18.2 Å². The van der Waals surface area contributed by atoms with Crippen molar-refractivity contribution in [2.24, 2.45) is 0 Å². The van der Waals surface area contributed by atoms with E-state index in [1.54, 1.807) is 0 Å². The Morgan fingerprint density at radius 1 is 1.56 bits per heavy atom. The second-order valence-corrected chi connectivity index (χ2v) is 4.70. The largest absolute Gasteiger partial charge is 0.481 e. The number of aryl methyl sites for hydroxylation is 1. The van der Waals surface area contributed by atoms with Gasteiger partial charge in [-0.15, -0.1) is 0 Å². The molecule has 0 radical (unpaired) electrons. The first kappa shape index (κ1) is 12.4. The number of hydrogen-bond donors (Lipinski definition) is 1. The van der Waals surface area contributed by atoms with Crippen LogP contribution < -0.4 is 4.90 Å². The predicted octanol–water partition coefficient (Wildman–Crippen LogP) is 2.31. The molecule has 0 saturated heterocycles. The molecule has 0 bridgehead atoms. The van der Waals surface area contributed by atoms with Crippen LogP contribution in [0, 0.1) is 18.3 Å². The second-order valence-electron chi connectivity index (χ2n) is 4.70. The minimum Gasteiger partial charge on any atom is -0.481 e. The van der Waals surface area contributed by atoms with Crippen LogP contribution >= 0.6 is 0 Å². The molecule has 4 heteroatoms. The number of aliphatic carboxylic acids is 1. The van der Waals surface area contributed by atoms with Crippen molar-refractivity contribution >= 4 is 11.7 Å². The number of benzene rings is 1. The van der Waals surface area contributed by atoms with Crippen molar-refractivity contribution in [1.82, 2.24) is 0 Å². The van der Waals surface area contributed by atoms with Gasteiger partial charge >= 0.3 is 5.97 Å². The van der Waals surface area contributed by atoms with Crippen LogP contribution in [0.5, 0.6) is 0 Å². The van der Waals surface area contributed by atoms with Crippen LogP contribution in [0.15, 0.2) is 18.2 Å². The maximum atomic E-state index is 10.7. The standard InChI is InChI=1S/C14H16N2O2/c1-10-2-5-13(11(8-10)9-15)16(12-3-4-12)7-6-14(17)18/h2,5,8,12H,3-4,6-7H2,1H3,(H,17,18). The molecule has 0 heterocycles. The quantitative estimate of drug-likeness (QED) is 0.863. The van der Waals surface area contributed by atoms with Crippen LogP contribution in [0.3, 0.4) is 0 Å². The molecule has 2 rings (SSSR count). The predicted molar refractivity (Wildman–Crippen MR) is 68.5 cm³/mol. The molecule has 1 fully saturated rings. The van der Waals surface area contributed by atoms with E-state index in [1.165, 1.54) is 0 Å². The number of rotatable bonds is 5. The molecule has 1 aromatic rings. The van der Waals surface area contributed by atoms with Crippen LogP contribution in [0.2, 0.25) is 0 Å². The Morgan fingerprint density at radius 3 is 2.83 bits per heavy atom. The molecule has 1 aromatic carbocycles. The first-order valence-electron chi connectivity index (χ1n) is 6.11. The van der Waals surface area contributed by atoms with Crippen LogP contribution in [0.25, 0.3) is 0 Å². The third kappa shape index (κ3) is 2.80. The maximum Gasteiger partial charge on any atom is 0.305 e. The van der Waals surface area contributed by atoms with Gasteiger partial charge in [0.25, 0.3) is 0 Å². The molecular weight excluding hydrogens is 228 g/mol. The van der Waals surface area contributed by atoms with Crippen molar-refractivity contribution in [3.05, 3.63) is 29.3 Å². The Kier molecular flexibility index (Phi) is 3.52. The summed E-state index contributed by atoms with van der Waals surface area (Å²) in [4.78, 5) is 12.8. The molecule has 0 atom stereocenters. The number of nitriles is 1. The van der Waals surface area contributed by atoms with E-state index in [0.717, 1.165) is 24.1 Å². The Labute approximate surface area is 106 Å². The Bertz CT molecular complexity index is 501. The molecule has 0 aliphatic heterocycles. The fourth-order valence-corrected chi connectivity index (χ4v) is 2.09. The van der Waals surface area contributed by atoms with Gasteiger partial charge < -0.3 is 10.0 Å². The van der Waals surface area contributed by atoms with Gasteiger partial charge in [0.1, 0.15) is 6.07 Å². The van der Waals surface area contributed by atoms with Crippen LogP contribution in [0.1, 0.15) is 30.4 Å². The topological polar surface area (TPSA) is 64.3 Å².